The summed E-state index contributed by atoms with van der Waals surface area (Å²) < 4.78 is 6.22. The second-order valence-electron chi connectivity index (χ2n) is 4.02. The maximum atomic E-state index is 5.45. The highest BCUT2D eigenvalue weighted by Crippen LogP contribution is 2.16. The van der Waals surface area contributed by atoms with Gasteiger partial charge in [-0.1, -0.05) is 6.07 Å². The molecule has 0 amide bonds. The number of nitrogens with zero attached hydrogens (tertiary/aromatic N) is 1. The molecule has 0 aliphatic rings. The zero-order valence-corrected chi connectivity index (χ0v) is 13.0. The summed E-state index contributed by atoms with van der Waals surface area (Å²) in [4.78, 5) is 4.37. The van der Waals surface area contributed by atoms with Crippen molar-refractivity contribution in [2.24, 2.45) is 10.8 Å². The van der Waals surface area contributed by atoms with Gasteiger partial charge in [0.15, 0.2) is 0 Å². The van der Waals surface area contributed by atoms with Gasteiger partial charge in [0, 0.05) is 16.4 Å². The minimum Gasteiger partial charge on any atom is -0.382 e. The third-order valence-corrected chi connectivity index (χ3v) is 3.49. The van der Waals surface area contributed by atoms with Crippen LogP contribution in [0.25, 0.3) is 0 Å². The van der Waals surface area contributed by atoms with Gasteiger partial charge in [0.05, 0.1) is 12.6 Å². The summed E-state index contributed by atoms with van der Waals surface area (Å²) in [5.74, 6) is 5.97. The van der Waals surface area contributed by atoms with Crippen molar-refractivity contribution >= 4 is 34.2 Å². The molecule has 1 aromatic rings. The van der Waals surface area contributed by atoms with Crippen molar-refractivity contribution < 1.29 is 4.74 Å². The van der Waals surface area contributed by atoms with Crippen molar-refractivity contribution in [3.63, 3.8) is 0 Å². The van der Waals surface area contributed by atoms with E-state index in [0.717, 1.165) is 5.69 Å². The van der Waals surface area contributed by atoms with Crippen molar-refractivity contribution in [2.75, 3.05) is 19.0 Å². The monoisotopic (exact) mass is 362 g/mol. The van der Waals surface area contributed by atoms with E-state index in [2.05, 4.69) is 51.3 Å². The van der Waals surface area contributed by atoms with Crippen molar-refractivity contribution in [3.8, 4) is 0 Å². The predicted octanol–water partition coefficient (Wildman–Crippen LogP) is 1.87. The number of aliphatic imine (C=N–C) groups is 1. The van der Waals surface area contributed by atoms with Gasteiger partial charge in [-0.15, -0.1) is 0 Å². The Bertz CT molecular complexity index is 423. The van der Waals surface area contributed by atoms with Gasteiger partial charge in [-0.2, -0.15) is 0 Å². The number of guanidine groups is 1. The lowest BCUT2D eigenvalue weighted by molar-refractivity contribution is 0.185. The number of hydrazine groups is 1. The van der Waals surface area contributed by atoms with E-state index in [1.165, 1.54) is 9.13 Å². The Balaban J connectivity index is 2.76. The molecule has 0 saturated heterocycles. The Morgan fingerprint density at radius 1 is 1.56 bits per heavy atom. The van der Waals surface area contributed by atoms with Gasteiger partial charge in [-0.05, 0) is 54.1 Å². The number of nitrogens with one attached hydrogen (secondary N) is 2. The minimum absolute atomic E-state index is 0.0399. The van der Waals surface area contributed by atoms with E-state index in [0.29, 0.717) is 12.6 Å². The van der Waals surface area contributed by atoms with Gasteiger partial charge in [0.25, 0.3) is 0 Å². The molecule has 0 bridgehead atoms. The number of nitrogens with two attached hydrogens (primary N) is 1. The second kappa shape index (κ2) is 7.55. The van der Waals surface area contributed by atoms with Gasteiger partial charge in [-0.25, -0.2) is 10.8 Å². The van der Waals surface area contributed by atoms with Crippen molar-refractivity contribution in [2.45, 2.75) is 19.9 Å². The van der Waals surface area contributed by atoms with Crippen LogP contribution in [0, 0.1) is 10.5 Å². The fraction of sp³-hybridized carbons (Fsp3) is 0.417. The summed E-state index contributed by atoms with van der Waals surface area (Å²) in [6.45, 7) is 4.59. The lowest BCUT2D eigenvalue weighted by atomic mass is 10.2. The highest BCUT2D eigenvalue weighted by Gasteiger charge is 2.04. The minimum atomic E-state index is 0.0399. The molecule has 1 unspecified atom stereocenters. The summed E-state index contributed by atoms with van der Waals surface area (Å²) in [6.07, 6.45) is 0. The van der Waals surface area contributed by atoms with Crippen LogP contribution in [-0.2, 0) is 4.74 Å². The van der Waals surface area contributed by atoms with Crippen LogP contribution in [0.2, 0.25) is 0 Å². The van der Waals surface area contributed by atoms with Crippen LogP contribution in [0.5, 0.6) is 0 Å². The molecule has 100 valence electrons. The van der Waals surface area contributed by atoms with Gasteiger partial charge in [-0.3, -0.25) is 5.43 Å². The molecule has 0 spiro atoms. The highest BCUT2D eigenvalue weighted by molar-refractivity contribution is 14.1. The van der Waals surface area contributed by atoms with Crippen LogP contribution in [-0.4, -0.2) is 25.7 Å². The van der Waals surface area contributed by atoms with E-state index in [4.69, 9.17) is 10.6 Å². The molecule has 1 aromatic carbocycles. The molecule has 6 heteroatoms. The van der Waals surface area contributed by atoms with E-state index < -0.39 is 0 Å². The number of hydrogen-bond donors (Lipinski definition) is 3. The Kier molecular flexibility index (Phi) is 6.37. The highest BCUT2D eigenvalue weighted by atomic mass is 127. The summed E-state index contributed by atoms with van der Waals surface area (Å²) in [7, 11) is 1.65. The van der Waals surface area contributed by atoms with Crippen molar-refractivity contribution in [1.82, 2.24) is 5.43 Å². The summed E-state index contributed by atoms with van der Waals surface area (Å²) in [6, 6.07) is 6.13. The molecule has 0 aliphatic heterocycles. The summed E-state index contributed by atoms with van der Waals surface area (Å²) >= 11 is 2.30. The molecule has 0 radical (unpaired) electrons. The fourth-order valence-corrected chi connectivity index (χ4v) is 1.93. The van der Waals surface area contributed by atoms with E-state index >= 15 is 0 Å². The van der Waals surface area contributed by atoms with Crippen LogP contribution in [0.15, 0.2) is 23.2 Å². The molecule has 0 aromatic heterocycles. The van der Waals surface area contributed by atoms with E-state index in [1.807, 2.05) is 19.1 Å². The molecule has 0 fully saturated rings. The number of halogens is 1. The number of ether oxygens (including phenoxy) is 1. The third-order valence-electron chi connectivity index (χ3n) is 2.33. The Hall–Kier alpha value is -0.860. The molecule has 0 saturated carbocycles. The smallest absolute Gasteiger partial charge is 0.210 e. The maximum Gasteiger partial charge on any atom is 0.210 e. The molecule has 1 rings (SSSR count). The molecule has 18 heavy (non-hydrogen) atoms. The number of benzene rings is 1. The van der Waals surface area contributed by atoms with Gasteiger partial charge in [0.2, 0.25) is 5.96 Å². The number of anilines is 1. The number of methoxy groups -OCH3 is 1. The van der Waals surface area contributed by atoms with Gasteiger partial charge < -0.3 is 10.1 Å². The fourth-order valence-electron chi connectivity index (χ4n) is 1.41. The topological polar surface area (TPSA) is 71.7 Å². The lowest BCUT2D eigenvalue weighted by Gasteiger charge is -2.12. The first-order valence-corrected chi connectivity index (χ1v) is 6.71. The molecular formula is C12H19IN4O. The lowest BCUT2D eigenvalue weighted by Crippen LogP contribution is -2.37. The standard InChI is InChI=1S/C12H19IN4O/c1-8-4-5-10(6-11(8)13)16-12(17-14)15-9(2)7-18-3/h4-6,9H,7,14H2,1-3H3,(H2,15,16,17). The van der Waals surface area contributed by atoms with E-state index in [-0.39, 0.29) is 6.04 Å². The first kappa shape index (κ1) is 15.2. The average molecular weight is 362 g/mol. The molecular weight excluding hydrogens is 343 g/mol. The largest absolute Gasteiger partial charge is 0.382 e. The van der Waals surface area contributed by atoms with Crippen molar-refractivity contribution in [1.29, 1.82) is 0 Å². The third kappa shape index (κ3) is 4.79. The zero-order chi connectivity index (χ0) is 13.5. The maximum absolute atomic E-state index is 5.45. The van der Waals surface area contributed by atoms with E-state index in [9.17, 15) is 0 Å². The number of rotatable bonds is 4. The van der Waals surface area contributed by atoms with Gasteiger partial charge in [0.1, 0.15) is 0 Å². The average Bonchev–Trinajstić information content (AvgIpc) is 2.33. The van der Waals surface area contributed by atoms with Crippen LogP contribution in [0.1, 0.15) is 12.5 Å². The van der Waals surface area contributed by atoms with Gasteiger partial charge >= 0.3 is 0 Å². The molecule has 0 aliphatic carbocycles. The van der Waals surface area contributed by atoms with Crippen LogP contribution in [0.4, 0.5) is 5.69 Å². The molecule has 4 N–H and O–H groups in total. The SMILES string of the molecule is COCC(C)N=C(NN)Nc1ccc(C)c(I)c1. The van der Waals surface area contributed by atoms with Crippen LogP contribution in [0.3, 0.4) is 0 Å². The molecule has 1 atom stereocenters. The molecule has 0 heterocycles. The molecule has 5 nitrogen and oxygen atoms in total. The summed E-state index contributed by atoms with van der Waals surface area (Å²) in [5, 5.41) is 3.14. The first-order chi connectivity index (χ1) is 8.56. The number of aryl methyl sites for hydroxylation is 1. The number of hydrogen-bond acceptors (Lipinski definition) is 3. The zero-order valence-electron chi connectivity index (χ0n) is 10.8. The normalized spacial score (nSPS) is 13.3. The van der Waals surface area contributed by atoms with E-state index in [1.54, 1.807) is 7.11 Å². The van der Waals surface area contributed by atoms with Crippen molar-refractivity contribution in [3.05, 3.63) is 27.3 Å². The van der Waals surface area contributed by atoms with Crippen LogP contribution >= 0.6 is 22.6 Å². The Labute approximate surface area is 121 Å². The second-order valence-corrected chi connectivity index (χ2v) is 5.18. The Morgan fingerprint density at radius 2 is 2.28 bits per heavy atom. The first-order valence-electron chi connectivity index (χ1n) is 5.63. The quantitative estimate of drug-likeness (QED) is 0.251. The summed E-state index contributed by atoms with van der Waals surface area (Å²) in [5.41, 5.74) is 4.75. The van der Waals surface area contributed by atoms with Crippen LogP contribution < -0.4 is 16.6 Å². The Morgan fingerprint density at radius 3 is 2.83 bits per heavy atom. The predicted molar refractivity (Wildman–Crippen MR) is 83.6 cm³/mol.